The van der Waals surface area contributed by atoms with Crippen molar-refractivity contribution in [3.8, 4) is 0 Å². The fraction of sp³-hybridized carbons (Fsp3) is 0.294. The zero-order valence-corrected chi connectivity index (χ0v) is 12.8. The van der Waals surface area contributed by atoms with Crippen molar-refractivity contribution in [1.29, 1.82) is 0 Å². The molecule has 0 spiro atoms. The van der Waals surface area contributed by atoms with Crippen LogP contribution in [0.2, 0.25) is 0 Å². The smallest absolute Gasteiger partial charge is 0.222 e. The van der Waals surface area contributed by atoms with Crippen LogP contribution in [0.1, 0.15) is 23.5 Å². The molecule has 0 fully saturated rings. The molecule has 1 N–H and O–H groups in total. The number of furan rings is 1. The van der Waals surface area contributed by atoms with Crippen LogP contribution < -0.4 is 5.32 Å². The van der Waals surface area contributed by atoms with Crippen LogP contribution in [-0.4, -0.2) is 15.7 Å². The molecule has 1 amide bonds. The van der Waals surface area contributed by atoms with Crippen LogP contribution in [0, 0.1) is 13.8 Å². The lowest BCUT2D eigenvalue weighted by Crippen LogP contribution is -2.23. The Morgan fingerprint density at radius 1 is 1.27 bits per heavy atom. The zero-order chi connectivity index (χ0) is 15.5. The molecule has 0 saturated carbocycles. The maximum absolute atomic E-state index is 11.9. The predicted molar refractivity (Wildman–Crippen MR) is 84.4 cm³/mol. The summed E-state index contributed by atoms with van der Waals surface area (Å²) in [6.07, 6.45) is 2.23. The summed E-state index contributed by atoms with van der Waals surface area (Å²) < 4.78 is 7.32. The Balaban J connectivity index is 1.58. The number of nitrogens with one attached hydrogen (secondary N) is 1. The van der Waals surface area contributed by atoms with Gasteiger partial charge in [0.05, 0.1) is 24.8 Å². The first-order valence-corrected chi connectivity index (χ1v) is 7.36. The van der Waals surface area contributed by atoms with Crippen molar-refractivity contribution in [2.45, 2.75) is 33.4 Å². The Hall–Kier alpha value is -2.56. The second kappa shape index (κ2) is 6.05. The second-order valence-corrected chi connectivity index (χ2v) is 5.42. The highest BCUT2D eigenvalue weighted by molar-refractivity contribution is 5.82. The third-order valence-electron chi connectivity index (χ3n) is 3.67. The predicted octanol–water partition coefficient (Wildman–Crippen LogP) is 2.95. The van der Waals surface area contributed by atoms with Crippen molar-refractivity contribution in [1.82, 2.24) is 15.1 Å². The summed E-state index contributed by atoms with van der Waals surface area (Å²) in [6.45, 7) is 4.93. The van der Waals surface area contributed by atoms with E-state index in [2.05, 4.69) is 23.4 Å². The van der Waals surface area contributed by atoms with Crippen molar-refractivity contribution in [2.24, 2.45) is 0 Å². The summed E-state index contributed by atoms with van der Waals surface area (Å²) in [7, 11) is 0. The number of fused-ring (bicyclic) bond motifs is 1. The van der Waals surface area contributed by atoms with E-state index < -0.39 is 0 Å². The summed E-state index contributed by atoms with van der Waals surface area (Å²) in [5.41, 5.74) is 2.26. The van der Waals surface area contributed by atoms with E-state index in [1.165, 1.54) is 5.56 Å². The highest BCUT2D eigenvalue weighted by Crippen LogP contribution is 2.17. The van der Waals surface area contributed by atoms with Gasteiger partial charge in [0.1, 0.15) is 11.5 Å². The van der Waals surface area contributed by atoms with Crippen LogP contribution in [-0.2, 0) is 17.9 Å². The number of para-hydroxylation sites is 1. The first-order chi connectivity index (χ1) is 10.6. The molecule has 5 nitrogen and oxygen atoms in total. The molecule has 0 unspecified atom stereocenters. The molecule has 114 valence electrons. The Morgan fingerprint density at radius 3 is 2.91 bits per heavy atom. The summed E-state index contributed by atoms with van der Waals surface area (Å²) in [5.74, 6) is 1.61. The minimum atomic E-state index is -0.00807. The van der Waals surface area contributed by atoms with E-state index in [4.69, 9.17) is 4.42 Å². The molecule has 0 aliphatic carbocycles. The highest BCUT2D eigenvalue weighted by Gasteiger charge is 2.08. The fourth-order valence-corrected chi connectivity index (χ4v) is 2.56. The van der Waals surface area contributed by atoms with Gasteiger partial charge in [-0.3, -0.25) is 9.48 Å². The van der Waals surface area contributed by atoms with Gasteiger partial charge in [-0.25, -0.2) is 0 Å². The molecule has 2 aromatic heterocycles. The molecule has 22 heavy (non-hydrogen) atoms. The van der Waals surface area contributed by atoms with Gasteiger partial charge < -0.3 is 9.73 Å². The van der Waals surface area contributed by atoms with Crippen LogP contribution in [0.3, 0.4) is 0 Å². The molecule has 0 saturated heterocycles. The SMILES string of the molecule is Cc1ccc(CNC(=O)CCn2ncc3cccc(C)c32)o1. The molecule has 0 atom stereocenters. The van der Waals surface area contributed by atoms with Gasteiger partial charge in [-0.15, -0.1) is 0 Å². The molecule has 5 heteroatoms. The topological polar surface area (TPSA) is 60.1 Å². The molecule has 0 bridgehead atoms. The van der Waals surface area contributed by atoms with Crippen molar-refractivity contribution in [3.63, 3.8) is 0 Å². The lowest BCUT2D eigenvalue weighted by molar-refractivity contribution is -0.121. The van der Waals surface area contributed by atoms with E-state index in [0.717, 1.165) is 22.4 Å². The number of carbonyl (C=O) groups is 1. The number of benzene rings is 1. The van der Waals surface area contributed by atoms with Gasteiger partial charge in [-0.05, 0) is 31.5 Å². The van der Waals surface area contributed by atoms with E-state index in [0.29, 0.717) is 19.5 Å². The van der Waals surface area contributed by atoms with Crippen LogP contribution in [0.15, 0.2) is 40.9 Å². The largest absolute Gasteiger partial charge is 0.465 e. The summed E-state index contributed by atoms with van der Waals surface area (Å²) in [5, 5.41) is 8.33. The molecule has 3 rings (SSSR count). The van der Waals surface area contributed by atoms with Gasteiger partial charge in [0.25, 0.3) is 0 Å². The molecule has 2 heterocycles. The Morgan fingerprint density at radius 2 is 2.14 bits per heavy atom. The number of aromatic nitrogens is 2. The molecule has 0 radical (unpaired) electrons. The lowest BCUT2D eigenvalue weighted by Gasteiger charge is -2.06. The van der Waals surface area contributed by atoms with E-state index >= 15 is 0 Å². The van der Waals surface area contributed by atoms with Gasteiger partial charge in [0, 0.05) is 11.8 Å². The Kier molecular flexibility index (Phi) is 3.96. The molecular weight excluding hydrogens is 278 g/mol. The quantitative estimate of drug-likeness (QED) is 0.787. The third-order valence-corrected chi connectivity index (χ3v) is 3.67. The molecular formula is C17H19N3O2. The first-order valence-electron chi connectivity index (χ1n) is 7.36. The van der Waals surface area contributed by atoms with Crippen molar-refractivity contribution >= 4 is 16.8 Å². The number of rotatable bonds is 5. The van der Waals surface area contributed by atoms with Crippen LogP contribution in [0.5, 0.6) is 0 Å². The number of hydrogen-bond donors (Lipinski definition) is 1. The van der Waals surface area contributed by atoms with Crippen LogP contribution in [0.25, 0.3) is 10.9 Å². The minimum Gasteiger partial charge on any atom is -0.465 e. The summed E-state index contributed by atoms with van der Waals surface area (Å²) in [4.78, 5) is 11.9. The van der Waals surface area contributed by atoms with E-state index in [1.807, 2.05) is 42.1 Å². The van der Waals surface area contributed by atoms with Gasteiger partial charge >= 0.3 is 0 Å². The van der Waals surface area contributed by atoms with E-state index in [9.17, 15) is 4.79 Å². The normalized spacial score (nSPS) is 11.0. The standard InChI is InChI=1S/C17H19N3O2/c1-12-4-3-5-14-10-19-20(17(12)14)9-8-16(21)18-11-15-7-6-13(2)22-15/h3-7,10H,8-9,11H2,1-2H3,(H,18,21). The second-order valence-electron chi connectivity index (χ2n) is 5.42. The lowest BCUT2D eigenvalue weighted by atomic mass is 10.2. The number of nitrogens with zero attached hydrogens (tertiary/aromatic N) is 2. The highest BCUT2D eigenvalue weighted by atomic mass is 16.3. The Bertz CT molecular complexity index is 801. The number of carbonyl (C=O) groups excluding carboxylic acids is 1. The zero-order valence-electron chi connectivity index (χ0n) is 12.8. The number of hydrogen-bond acceptors (Lipinski definition) is 3. The maximum Gasteiger partial charge on any atom is 0.222 e. The molecule has 1 aromatic carbocycles. The fourth-order valence-electron chi connectivity index (χ4n) is 2.56. The average Bonchev–Trinajstić information content (AvgIpc) is 3.10. The number of amides is 1. The van der Waals surface area contributed by atoms with E-state index in [1.54, 1.807) is 0 Å². The molecule has 0 aliphatic heterocycles. The van der Waals surface area contributed by atoms with Gasteiger partial charge in [-0.2, -0.15) is 5.10 Å². The van der Waals surface area contributed by atoms with Crippen LogP contribution >= 0.6 is 0 Å². The molecule has 0 aliphatic rings. The van der Waals surface area contributed by atoms with Gasteiger partial charge in [0.15, 0.2) is 0 Å². The monoisotopic (exact) mass is 297 g/mol. The first kappa shape index (κ1) is 14.4. The maximum atomic E-state index is 11.9. The van der Waals surface area contributed by atoms with Gasteiger partial charge in [0.2, 0.25) is 5.91 Å². The van der Waals surface area contributed by atoms with Crippen LogP contribution in [0.4, 0.5) is 0 Å². The summed E-state index contributed by atoms with van der Waals surface area (Å²) >= 11 is 0. The minimum absolute atomic E-state index is 0.00807. The van der Waals surface area contributed by atoms with E-state index in [-0.39, 0.29) is 5.91 Å². The van der Waals surface area contributed by atoms with Crippen molar-refractivity contribution in [2.75, 3.05) is 0 Å². The third kappa shape index (κ3) is 3.03. The van der Waals surface area contributed by atoms with Crippen molar-refractivity contribution < 1.29 is 9.21 Å². The van der Waals surface area contributed by atoms with Gasteiger partial charge in [-0.1, -0.05) is 18.2 Å². The Labute approximate surface area is 128 Å². The number of aryl methyl sites for hydroxylation is 3. The summed E-state index contributed by atoms with van der Waals surface area (Å²) in [6, 6.07) is 9.87. The average molecular weight is 297 g/mol. The molecule has 3 aromatic rings. The van der Waals surface area contributed by atoms with Crippen molar-refractivity contribution in [3.05, 3.63) is 53.6 Å².